The molecule has 1 nitrogen and oxygen atoms in total. The summed E-state index contributed by atoms with van der Waals surface area (Å²) in [5.41, 5.74) is 0. The minimum Gasteiger partial charge on any atom is -0.309 e. The number of rotatable bonds is 4. The zero-order valence-corrected chi connectivity index (χ0v) is 8.01. The molecule has 0 bridgehead atoms. The van der Waals surface area contributed by atoms with Gasteiger partial charge >= 0.3 is 0 Å². The maximum absolute atomic E-state index is 12.3. The molecule has 0 radical (unpaired) electrons. The van der Waals surface area contributed by atoms with E-state index in [-0.39, 0.29) is 0 Å². The van der Waals surface area contributed by atoms with Gasteiger partial charge in [0.2, 0.25) is 12.7 Å². The van der Waals surface area contributed by atoms with Crippen molar-refractivity contribution in [2.75, 3.05) is 0 Å². The van der Waals surface area contributed by atoms with Crippen LogP contribution in [0.15, 0.2) is 0 Å². The number of hydrogen-bond donors (Lipinski definition) is 0. The summed E-state index contributed by atoms with van der Waals surface area (Å²) in [6.45, 7) is 0. The van der Waals surface area contributed by atoms with Crippen LogP contribution in [0, 0.1) is 0 Å². The van der Waals surface area contributed by atoms with E-state index in [0.717, 1.165) is 0 Å². The first kappa shape index (κ1) is 12.0. The SMILES string of the molecule is FC(OC(F)C(Cl)Cl)C(Cl)Cl. The van der Waals surface area contributed by atoms with Crippen molar-refractivity contribution in [3.05, 3.63) is 0 Å². The molecule has 7 heteroatoms. The highest BCUT2D eigenvalue weighted by Gasteiger charge is 2.25. The number of ether oxygens (including phenoxy) is 1. The van der Waals surface area contributed by atoms with Crippen LogP contribution in [0.25, 0.3) is 0 Å². The largest absolute Gasteiger partial charge is 0.309 e. The molecule has 0 aromatic carbocycles. The van der Waals surface area contributed by atoms with Gasteiger partial charge in [-0.3, -0.25) is 0 Å². The standard InChI is InChI=1S/C4H4Cl4F2O/c5-1(6)3(9)11-4(10)2(7)8/h1-4H. The third-order valence-electron chi connectivity index (χ3n) is 0.656. The highest BCUT2D eigenvalue weighted by molar-refractivity contribution is 6.45. The Bertz CT molecular complexity index is 100. The average Bonchev–Trinajstić information content (AvgIpc) is 1.87. The molecule has 0 saturated carbocycles. The highest BCUT2D eigenvalue weighted by atomic mass is 35.5. The second-order valence-corrected chi connectivity index (χ2v) is 3.83. The summed E-state index contributed by atoms with van der Waals surface area (Å²) in [5.74, 6) is 0. The fourth-order valence-electron chi connectivity index (χ4n) is 0.243. The molecule has 0 spiro atoms. The Kier molecular flexibility index (Phi) is 6.09. The number of hydrogen-bond acceptors (Lipinski definition) is 1. The van der Waals surface area contributed by atoms with Gasteiger partial charge in [0.25, 0.3) is 0 Å². The topological polar surface area (TPSA) is 9.23 Å². The summed E-state index contributed by atoms with van der Waals surface area (Å²) in [4.78, 5) is -2.92. The van der Waals surface area contributed by atoms with E-state index >= 15 is 0 Å². The lowest BCUT2D eigenvalue weighted by Crippen LogP contribution is -2.24. The molecule has 2 atom stereocenters. The number of halogens is 6. The number of alkyl halides is 6. The zero-order chi connectivity index (χ0) is 9.02. The van der Waals surface area contributed by atoms with Gasteiger partial charge in [-0.25, -0.2) is 8.78 Å². The first-order valence-corrected chi connectivity index (χ1v) is 4.19. The van der Waals surface area contributed by atoms with Crippen molar-refractivity contribution in [2.45, 2.75) is 22.4 Å². The molecular weight excluding hydrogens is 244 g/mol. The van der Waals surface area contributed by atoms with Gasteiger partial charge in [0.15, 0.2) is 9.67 Å². The molecule has 0 aromatic heterocycles. The van der Waals surface area contributed by atoms with Gasteiger partial charge in [-0.05, 0) is 0 Å². The van der Waals surface area contributed by atoms with Gasteiger partial charge in [0.05, 0.1) is 0 Å². The lowest BCUT2D eigenvalue weighted by atomic mass is 10.7. The first-order chi connectivity index (χ1) is 4.95. The molecule has 0 fully saturated rings. The molecule has 68 valence electrons. The van der Waals surface area contributed by atoms with Crippen LogP contribution < -0.4 is 0 Å². The van der Waals surface area contributed by atoms with E-state index in [9.17, 15) is 8.78 Å². The zero-order valence-electron chi connectivity index (χ0n) is 4.99. The molecule has 11 heavy (non-hydrogen) atoms. The molecule has 0 aliphatic rings. The fourth-order valence-corrected chi connectivity index (χ4v) is 0.481. The van der Waals surface area contributed by atoms with Crippen LogP contribution in [0.1, 0.15) is 0 Å². The van der Waals surface area contributed by atoms with E-state index < -0.39 is 22.4 Å². The normalized spacial score (nSPS) is 17.5. The lowest BCUT2D eigenvalue weighted by molar-refractivity contribution is -0.125. The average molecular weight is 248 g/mol. The summed E-state index contributed by atoms with van der Waals surface area (Å²) in [6, 6.07) is 0. The quantitative estimate of drug-likeness (QED) is 0.694. The third-order valence-corrected chi connectivity index (χ3v) is 1.45. The van der Waals surface area contributed by atoms with E-state index in [1.165, 1.54) is 0 Å². The lowest BCUT2D eigenvalue weighted by Gasteiger charge is -2.14. The van der Waals surface area contributed by atoms with Gasteiger partial charge in [-0.1, -0.05) is 46.4 Å². The summed E-state index contributed by atoms with van der Waals surface area (Å²) in [6.07, 6.45) is -4.26. The van der Waals surface area contributed by atoms with Gasteiger partial charge in [0, 0.05) is 0 Å². The Hall–Kier alpha value is 0.980. The second kappa shape index (κ2) is 5.60. The first-order valence-electron chi connectivity index (χ1n) is 2.45. The molecular formula is C4H4Cl4F2O. The summed E-state index contributed by atoms with van der Waals surface area (Å²) < 4.78 is 28.5. The van der Waals surface area contributed by atoms with Crippen molar-refractivity contribution in [2.24, 2.45) is 0 Å². The van der Waals surface area contributed by atoms with Crippen molar-refractivity contribution in [1.82, 2.24) is 0 Å². The van der Waals surface area contributed by atoms with Crippen LogP contribution in [-0.2, 0) is 4.74 Å². The van der Waals surface area contributed by atoms with E-state index in [4.69, 9.17) is 46.4 Å². The Morgan fingerprint density at radius 3 is 1.27 bits per heavy atom. The van der Waals surface area contributed by atoms with E-state index in [0.29, 0.717) is 0 Å². The van der Waals surface area contributed by atoms with Gasteiger partial charge in [-0.15, -0.1) is 0 Å². The molecule has 0 rings (SSSR count). The Labute approximate surface area is 82.5 Å². The maximum atomic E-state index is 12.3. The van der Waals surface area contributed by atoms with Crippen molar-refractivity contribution in [3.63, 3.8) is 0 Å². The van der Waals surface area contributed by atoms with Crippen LogP contribution in [0.4, 0.5) is 8.78 Å². The monoisotopic (exact) mass is 246 g/mol. The maximum Gasteiger partial charge on any atom is 0.231 e. The Morgan fingerprint density at radius 1 is 0.818 bits per heavy atom. The molecule has 0 N–H and O–H groups in total. The predicted octanol–water partition coefficient (Wildman–Crippen LogP) is 3.20. The molecule has 0 saturated heterocycles. The van der Waals surface area contributed by atoms with Crippen molar-refractivity contribution < 1.29 is 13.5 Å². The van der Waals surface area contributed by atoms with Crippen LogP contribution in [0.3, 0.4) is 0 Å². The van der Waals surface area contributed by atoms with Crippen molar-refractivity contribution in [3.8, 4) is 0 Å². The van der Waals surface area contributed by atoms with Crippen LogP contribution >= 0.6 is 46.4 Å². The predicted molar refractivity (Wildman–Crippen MR) is 41.9 cm³/mol. The smallest absolute Gasteiger partial charge is 0.231 e. The molecule has 0 amide bonds. The molecule has 0 aliphatic carbocycles. The molecule has 0 heterocycles. The second-order valence-electron chi connectivity index (χ2n) is 1.51. The van der Waals surface area contributed by atoms with E-state index in [2.05, 4.69) is 4.74 Å². The van der Waals surface area contributed by atoms with Crippen LogP contribution in [0.2, 0.25) is 0 Å². The Morgan fingerprint density at radius 2 is 1.09 bits per heavy atom. The van der Waals surface area contributed by atoms with E-state index in [1.54, 1.807) is 0 Å². The van der Waals surface area contributed by atoms with E-state index in [1.807, 2.05) is 0 Å². The molecule has 0 aliphatic heterocycles. The summed E-state index contributed by atoms with van der Waals surface area (Å²) in [5, 5.41) is 0. The van der Waals surface area contributed by atoms with Crippen LogP contribution in [0.5, 0.6) is 0 Å². The van der Waals surface area contributed by atoms with Gasteiger partial charge in [0.1, 0.15) is 0 Å². The third kappa shape index (κ3) is 5.26. The molecule has 2 unspecified atom stereocenters. The minimum absolute atomic E-state index is 1.46. The van der Waals surface area contributed by atoms with Crippen molar-refractivity contribution >= 4 is 46.4 Å². The van der Waals surface area contributed by atoms with Crippen molar-refractivity contribution in [1.29, 1.82) is 0 Å². The molecule has 0 aromatic rings. The highest BCUT2D eigenvalue weighted by Crippen LogP contribution is 2.20. The Balaban J connectivity index is 3.66. The summed E-state index contributed by atoms with van der Waals surface area (Å²) >= 11 is 20.0. The van der Waals surface area contributed by atoms with Crippen LogP contribution in [-0.4, -0.2) is 22.4 Å². The van der Waals surface area contributed by atoms with Gasteiger partial charge in [-0.2, -0.15) is 0 Å². The minimum atomic E-state index is -2.13. The van der Waals surface area contributed by atoms with Gasteiger partial charge < -0.3 is 4.74 Å². The fraction of sp³-hybridized carbons (Fsp3) is 1.00. The summed E-state index contributed by atoms with van der Waals surface area (Å²) in [7, 11) is 0.